The van der Waals surface area contributed by atoms with Crippen molar-refractivity contribution in [1.29, 1.82) is 5.26 Å². The number of nitrogens with zero attached hydrogens (tertiary/aromatic N) is 1. The molecule has 4 nitrogen and oxygen atoms in total. The standard InChI is InChI=1S/C14H17NO3/c15-10-12-3-1-4-13(9-12)17-6-2-7-18-14-5-8-16-11-14/h1,3-4,9,14H,2,5-8,11H2. The van der Waals surface area contributed by atoms with Crippen LogP contribution in [0.2, 0.25) is 0 Å². The molecular formula is C14H17NO3. The monoisotopic (exact) mass is 247 g/mol. The fraction of sp³-hybridized carbons (Fsp3) is 0.500. The maximum atomic E-state index is 8.76. The van der Waals surface area contributed by atoms with Crippen molar-refractivity contribution in [3.8, 4) is 11.8 Å². The Bertz CT molecular complexity index is 408. The van der Waals surface area contributed by atoms with E-state index in [1.807, 2.05) is 12.1 Å². The van der Waals surface area contributed by atoms with Crippen molar-refractivity contribution in [2.75, 3.05) is 26.4 Å². The smallest absolute Gasteiger partial charge is 0.120 e. The van der Waals surface area contributed by atoms with Crippen molar-refractivity contribution in [3.63, 3.8) is 0 Å². The van der Waals surface area contributed by atoms with Gasteiger partial charge in [-0.15, -0.1) is 0 Å². The van der Waals surface area contributed by atoms with Crippen LogP contribution in [0, 0.1) is 11.3 Å². The van der Waals surface area contributed by atoms with Crippen LogP contribution in [-0.4, -0.2) is 32.5 Å². The van der Waals surface area contributed by atoms with E-state index < -0.39 is 0 Å². The van der Waals surface area contributed by atoms with E-state index >= 15 is 0 Å². The molecule has 18 heavy (non-hydrogen) atoms. The Balaban J connectivity index is 1.61. The second kappa shape index (κ2) is 7.00. The second-order valence-electron chi connectivity index (χ2n) is 4.20. The van der Waals surface area contributed by atoms with Crippen LogP contribution in [0.4, 0.5) is 0 Å². The Labute approximate surface area is 107 Å². The van der Waals surface area contributed by atoms with Crippen molar-refractivity contribution < 1.29 is 14.2 Å². The summed E-state index contributed by atoms with van der Waals surface area (Å²) in [5.74, 6) is 0.734. The van der Waals surface area contributed by atoms with Gasteiger partial charge >= 0.3 is 0 Å². The van der Waals surface area contributed by atoms with Gasteiger partial charge in [0.15, 0.2) is 0 Å². The first kappa shape index (κ1) is 12.9. The Morgan fingerprint density at radius 1 is 1.39 bits per heavy atom. The molecule has 1 atom stereocenters. The number of ether oxygens (including phenoxy) is 3. The van der Waals surface area contributed by atoms with E-state index in [0.717, 1.165) is 25.2 Å². The minimum Gasteiger partial charge on any atom is -0.493 e. The molecule has 1 aromatic rings. The lowest BCUT2D eigenvalue weighted by molar-refractivity contribution is 0.0366. The summed E-state index contributed by atoms with van der Waals surface area (Å²) >= 11 is 0. The maximum Gasteiger partial charge on any atom is 0.120 e. The summed E-state index contributed by atoms with van der Waals surface area (Å²) in [6.45, 7) is 2.81. The Morgan fingerprint density at radius 3 is 3.11 bits per heavy atom. The number of benzene rings is 1. The van der Waals surface area contributed by atoms with E-state index in [1.165, 1.54) is 0 Å². The maximum absolute atomic E-state index is 8.76. The highest BCUT2D eigenvalue weighted by Crippen LogP contribution is 2.13. The topological polar surface area (TPSA) is 51.5 Å². The highest BCUT2D eigenvalue weighted by Gasteiger charge is 2.15. The fourth-order valence-corrected chi connectivity index (χ4v) is 1.80. The van der Waals surface area contributed by atoms with Gasteiger partial charge in [0.1, 0.15) is 5.75 Å². The Kier molecular flexibility index (Phi) is 5.00. The van der Waals surface area contributed by atoms with Crippen LogP contribution in [0.5, 0.6) is 5.75 Å². The average molecular weight is 247 g/mol. The molecule has 1 fully saturated rings. The molecule has 0 amide bonds. The Hall–Kier alpha value is -1.57. The van der Waals surface area contributed by atoms with E-state index in [0.29, 0.717) is 25.4 Å². The third-order valence-corrected chi connectivity index (χ3v) is 2.76. The summed E-state index contributed by atoms with van der Waals surface area (Å²) in [4.78, 5) is 0. The number of rotatable bonds is 6. The summed E-state index contributed by atoms with van der Waals surface area (Å²) in [6, 6.07) is 9.26. The van der Waals surface area contributed by atoms with Crippen LogP contribution in [0.25, 0.3) is 0 Å². The summed E-state index contributed by atoms with van der Waals surface area (Å²) in [5, 5.41) is 8.76. The highest BCUT2D eigenvalue weighted by atomic mass is 16.5. The van der Waals surface area contributed by atoms with Crippen molar-refractivity contribution >= 4 is 0 Å². The summed E-state index contributed by atoms with van der Waals surface area (Å²) in [5.41, 5.74) is 0.617. The predicted molar refractivity (Wildman–Crippen MR) is 66.4 cm³/mol. The van der Waals surface area contributed by atoms with Crippen molar-refractivity contribution in [2.24, 2.45) is 0 Å². The molecule has 0 radical (unpaired) electrons. The molecule has 1 aliphatic rings. The average Bonchev–Trinajstić information content (AvgIpc) is 2.92. The van der Waals surface area contributed by atoms with Gasteiger partial charge in [0.2, 0.25) is 0 Å². The fourth-order valence-electron chi connectivity index (χ4n) is 1.80. The molecule has 0 spiro atoms. The predicted octanol–water partition coefficient (Wildman–Crippen LogP) is 2.13. The van der Waals surface area contributed by atoms with Crippen LogP contribution in [0.3, 0.4) is 0 Å². The largest absolute Gasteiger partial charge is 0.493 e. The molecule has 1 aromatic carbocycles. The molecule has 0 N–H and O–H groups in total. The highest BCUT2D eigenvalue weighted by molar-refractivity contribution is 5.36. The van der Waals surface area contributed by atoms with Gasteiger partial charge in [-0.05, 0) is 24.6 Å². The molecule has 1 aliphatic heterocycles. The molecule has 1 heterocycles. The van der Waals surface area contributed by atoms with E-state index in [-0.39, 0.29) is 6.10 Å². The lowest BCUT2D eigenvalue weighted by Gasteiger charge is -2.10. The van der Waals surface area contributed by atoms with Crippen LogP contribution in [-0.2, 0) is 9.47 Å². The lowest BCUT2D eigenvalue weighted by atomic mass is 10.2. The van der Waals surface area contributed by atoms with Gasteiger partial charge in [-0.3, -0.25) is 0 Å². The third kappa shape index (κ3) is 4.02. The molecule has 0 saturated carbocycles. The van der Waals surface area contributed by atoms with Gasteiger partial charge in [-0.1, -0.05) is 6.07 Å². The SMILES string of the molecule is N#Cc1cccc(OCCCOC2CCOC2)c1. The molecular weight excluding hydrogens is 230 g/mol. The molecule has 0 aromatic heterocycles. The van der Waals surface area contributed by atoms with E-state index in [1.54, 1.807) is 12.1 Å². The normalized spacial score (nSPS) is 18.5. The Morgan fingerprint density at radius 2 is 2.33 bits per heavy atom. The molecule has 1 unspecified atom stereocenters. The molecule has 0 aliphatic carbocycles. The number of hydrogen-bond donors (Lipinski definition) is 0. The molecule has 1 saturated heterocycles. The summed E-state index contributed by atoms with van der Waals surface area (Å²) in [6.07, 6.45) is 2.09. The lowest BCUT2D eigenvalue weighted by Crippen LogP contribution is -2.14. The van der Waals surface area contributed by atoms with Crippen LogP contribution in [0.15, 0.2) is 24.3 Å². The first-order valence-electron chi connectivity index (χ1n) is 6.21. The van der Waals surface area contributed by atoms with Crippen LogP contribution >= 0.6 is 0 Å². The quantitative estimate of drug-likeness (QED) is 0.723. The summed E-state index contributed by atoms with van der Waals surface area (Å²) < 4.78 is 16.4. The zero-order chi connectivity index (χ0) is 12.6. The number of hydrogen-bond acceptors (Lipinski definition) is 4. The van der Waals surface area contributed by atoms with Crippen molar-refractivity contribution in [3.05, 3.63) is 29.8 Å². The molecule has 0 bridgehead atoms. The van der Waals surface area contributed by atoms with E-state index in [2.05, 4.69) is 6.07 Å². The zero-order valence-electron chi connectivity index (χ0n) is 10.3. The first-order chi connectivity index (χ1) is 8.88. The van der Waals surface area contributed by atoms with Crippen molar-refractivity contribution in [2.45, 2.75) is 18.9 Å². The first-order valence-corrected chi connectivity index (χ1v) is 6.21. The van der Waals surface area contributed by atoms with Gasteiger partial charge in [0.05, 0.1) is 37.6 Å². The van der Waals surface area contributed by atoms with E-state index in [4.69, 9.17) is 19.5 Å². The summed E-state index contributed by atoms with van der Waals surface area (Å²) in [7, 11) is 0. The third-order valence-electron chi connectivity index (χ3n) is 2.76. The molecule has 96 valence electrons. The second-order valence-corrected chi connectivity index (χ2v) is 4.20. The molecule has 4 heteroatoms. The van der Waals surface area contributed by atoms with Gasteiger partial charge in [-0.25, -0.2) is 0 Å². The van der Waals surface area contributed by atoms with Gasteiger partial charge < -0.3 is 14.2 Å². The van der Waals surface area contributed by atoms with Gasteiger partial charge in [0.25, 0.3) is 0 Å². The molecule has 2 rings (SSSR count). The minimum atomic E-state index is 0.256. The van der Waals surface area contributed by atoms with Gasteiger partial charge in [0, 0.05) is 13.0 Å². The van der Waals surface area contributed by atoms with E-state index in [9.17, 15) is 0 Å². The minimum absolute atomic E-state index is 0.256. The van der Waals surface area contributed by atoms with Gasteiger partial charge in [-0.2, -0.15) is 5.26 Å². The van der Waals surface area contributed by atoms with Crippen LogP contribution in [0.1, 0.15) is 18.4 Å². The van der Waals surface area contributed by atoms with Crippen molar-refractivity contribution in [1.82, 2.24) is 0 Å². The van der Waals surface area contributed by atoms with Crippen LogP contribution < -0.4 is 4.74 Å². The number of nitriles is 1. The zero-order valence-corrected chi connectivity index (χ0v) is 10.3.